The first-order valence-electron chi connectivity index (χ1n) is 22.1. The van der Waals surface area contributed by atoms with Gasteiger partial charge in [-0.25, -0.2) is 19.4 Å². The number of hydrogen-bond donors (Lipinski definition) is 7. The first-order valence-corrected chi connectivity index (χ1v) is 22.1. The van der Waals surface area contributed by atoms with Gasteiger partial charge in [0.2, 0.25) is 17.7 Å². The maximum Gasteiger partial charge on any atom is 0.408 e. The highest BCUT2D eigenvalue weighted by molar-refractivity contribution is 5.93. The molecule has 65 heavy (non-hydrogen) atoms. The smallest absolute Gasteiger partial charge is 0.408 e. The van der Waals surface area contributed by atoms with E-state index in [1.54, 1.807) is 33.9 Å². The number of unbranched alkanes of at least 4 members (excludes halogenated alkanes) is 1. The van der Waals surface area contributed by atoms with Gasteiger partial charge in [-0.2, -0.15) is 0 Å². The molecule has 0 saturated carbocycles. The first-order chi connectivity index (χ1) is 31.0. The zero-order chi connectivity index (χ0) is 47.4. The summed E-state index contributed by atoms with van der Waals surface area (Å²) in [4.78, 5) is 86.7. The average molecular weight is 900 g/mol. The van der Waals surface area contributed by atoms with Crippen LogP contribution >= 0.6 is 0 Å². The molecule has 1 heterocycles. The number of carbonyl (C=O) groups excluding carboxylic acids is 6. The van der Waals surface area contributed by atoms with E-state index < -0.39 is 71.7 Å². The van der Waals surface area contributed by atoms with Crippen molar-refractivity contribution in [3.8, 4) is 0 Å². The van der Waals surface area contributed by atoms with E-state index in [1.807, 2.05) is 86.6 Å². The minimum Gasteiger partial charge on any atom is -0.464 e. The van der Waals surface area contributed by atoms with Gasteiger partial charge in [0.1, 0.15) is 30.3 Å². The van der Waals surface area contributed by atoms with Crippen LogP contribution in [0.1, 0.15) is 90.5 Å². The van der Waals surface area contributed by atoms with Crippen LogP contribution in [-0.2, 0) is 52.8 Å². The topological polar surface area (TPSA) is 239 Å². The van der Waals surface area contributed by atoms with Gasteiger partial charge in [-0.3, -0.25) is 14.4 Å². The van der Waals surface area contributed by atoms with Gasteiger partial charge in [0.25, 0.3) is 0 Å². The minimum atomic E-state index is -1.30. The molecule has 0 saturated heterocycles. The van der Waals surface area contributed by atoms with Crippen molar-refractivity contribution in [2.75, 3.05) is 13.2 Å². The number of aromatic nitrogens is 2. The summed E-state index contributed by atoms with van der Waals surface area (Å²) < 4.78 is 15.9. The monoisotopic (exact) mass is 899 g/mol. The van der Waals surface area contributed by atoms with Crippen molar-refractivity contribution >= 4 is 46.6 Å². The summed E-state index contributed by atoms with van der Waals surface area (Å²) in [5.41, 5.74) is 1.26. The Labute approximate surface area is 380 Å². The van der Waals surface area contributed by atoms with E-state index in [0.29, 0.717) is 25.0 Å². The van der Waals surface area contributed by atoms with E-state index in [9.17, 15) is 33.9 Å². The number of carbonyl (C=O) groups is 6. The summed E-state index contributed by atoms with van der Waals surface area (Å²) in [5, 5.41) is 27.0. The van der Waals surface area contributed by atoms with Gasteiger partial charge in [0, 0.05) is 25.6 Å². The fraction of sp³-hybridized carbons (Fsp3) is 0.479. The normalized spacial score (nSPS) is 13.7. The summed E-state index contributed by atoms with van der Waals surface area (Å²) in [5.74, 6) is -2.34. The van der Waals surface area contributed by atoms with Crippen molar-refractivity contribution in [1.82, 2.24) is 36.6 Å². The van der Waals surface area contributed by atoms with Crippen LogP contribution in [0.3, 0.4) is 0 Å². The van der Waals surface area contributed by atoms with Crippen molar-refractivity contribution in [2.45, 2.75) is 129 Å². The van der Waals surface area contributed by atoms with Gasteiger partial charge >= 0.3 is 18.2 Å². The highest BCUT2D eigenvalue weighted by atomic mass is 16.6. The van der Waals surface area contributed by atoms with Gasteiger partial charge in [0.05, 0.1) is 37.2 Å². The zero-order valence-electron chi connectivity index (χ0n) is 38.2. The number of nitrogens with one attached hydrogen (secondary N) is 6. The van der Waals surface area contributed by atoms with E-state index in [2.05, 4.69) is 36.6 Å². The molecule has 5 atom stereocenters. The molecular weight excluding hydrogens is 835 g/mol. The number of aliphatic hydroxyl groups excluding tert-OH is 1. The second kappa shape index (κ2) is 25.7. The summed E-state index contributed by atoms with van der Waals surface area (Å²) in [7, 11) is 0. The molecule has 0 aliphatic carbocycles. The predicted octanol–water partition coefficient (Wildman–Crippen LogP) is 5.15. The lowest BCUT2D eigenvalue weighted by Gasteiger charge is -2.29. The Balaban J connectivity index is 1.42. The van der Waals surface area contributed by atoms with E-state index in [4.69, 9.17) is 14.2 Å². The number of amides is 5. The maximum atomic E-state index is 14.3. The Kier molecular flexibility index (Phi) is 20.2. The molecule has 352 valence electrons. The lowest BCUT2D eigenvalue weighted by Crippen LogP contribution is -2.57. The molecule has 1 aromatic heterocycles. The minimum absolute atomic E-state index is 0.00444. The largest absolute Gasteiger partial charge is 0.464 e. The van der Waals surface area contributed by atoms with Gasteiger partial charge in [0.15, 0.2) is 0 Å². The average Bonchev–Trinajstić information content (AvgIpc) is 3.77. The lowest BCUT2D eigenvalue weighted by atomic mass is 9.96. The number of ether oxygens (including phenoxy) is 3. The Morgan fingerprint density at radius 2 is 1.45 bits per heavy atom. The molecule has 4 aromatic rings. The molecule has 17 heteroatoms. The number of H-pyrrole nitrogens is 1. The zero-order valence-corrected chi connectivity index (χ0v) is 38.2. The van der Waals surface area contributed by atoms with Crippen LogP contribution < -0.4 is 26.6 Å². The van der Waals surface area contributed by atoms with Crippen LogP contribution in [0.25, 0.3) is 10.8 Å². The molecule has 0 aliphatic rings. The molecule has 0 spiro atoms. The molecule has 0 fully saturated rings. The van der Waals surface area contributed by atoms with Crippen molar-refractivity contribution < 1.29 is 48.1 Å². The lowest BCUT2D eigenvalue weighted by molar-refractivity contribution is -0.146. The van der Waals surface area contributed by atoms with Gasteiger partial charge in [-0.15, -0.1) is 0 Å². The van der Waals surface area contributed by atoms with Crippen LogP contribution in [0.4, 0.5) is 9.59 Å². The summed E-state index contributed by atoms with van der Waals surface area (Å²) in [6.07, 6.45) is 1.34. The van der Waals surface area contributed by atoms with E-state index in [1.165, 1.54) is 6.33 Å². The number of fused-ring (bicyclic) bond motifs is 1. The molecule has 1 unspecified atom stereocenters. The maximum absolute atomic E-state index is 14.3. The number of hydrogen-bond acceptors (Lipinski definition) is 11. The van der Waals surface area contributed by atoms with Crippen LogP contribution in [0.2, 0.25) is 0 Å². The van der Waals surface area contributed by atoms with Crippen LogP contribution in [0.5, 0.6) is 0 Å². The number of esters is 1. The number of rotatable bonds is 24. The van der Waals surface area contributed by atoms with Crippen molar-refractivity contribution in [3.63, 3.8) is 0 Å². The van der Waals surface area contributed by atoms with E-state index >= 15 is 0 Å². The van der Waals surface area contributed by atoms with Crippen molar-refractivity contribution in [3.05, 3.63) is 102 Å². The number of aliphatic hydroxyl groups is 1. The summed E-state index contributed by atoms with van der Waals surface area (Å²) in [6.45, 7) is 11.0. The second-order valence-corrected chi connectivity index (χ2v) is 17.2. The Morgan fingerprint density at radius 1 is 0.769 bits per heavy atom. The molecule has 0 bridgehead atoms. The number of nitrogens with zero attached hydrogens (tertiary/aromatic N) is 1. The summed E-state index contributed by atoms with van der Waals surface area (Å²) >= 11 is 0. The molecule has 7 N–H and O–H groups in total. The predicted molar refractivity (Wildman–Crippen MR) is 244 cm³/mol. The Bertz CT molecular complexity index is 2140. The van der Waals surface area contributed by atoms with Crippen LogP contribution in [0, 0.1) is 5.92 Å². The Hall–Kier alpha value is -6.49. The SMILES string of the molecule is CCOC(=O)C(CCCCNC(=O)C[C@H](O)[C@H](CC(C)C)NC(=O)[C@H](Cc1c[nH]cn1)NC(=O)[C@H](Cc1cccc2ccccc12)NC(=O)OCc1ccccc1)NC(=O)OC(C)(C)C. The van der Waals surface area contributed by atoms with Gasteiger partial charge in [-0.1, -0.05) is 86.6 Å². The number of imidazole rings is 1. The number of benzene rings is 3. The molecule has 17 nitrogen and oxygen atoms in total. The van der Waals surface area contributed by atoms with E-state index in [-0.39, 0.29) is 51.4 Å². The fourth-order valence-electron chi connectivity index (χ4n) is 7.05. The molecule has 0 aliphatic heterocycles. The van der Waals surface area contributed by atoms with Crippen molar-refractivity contribution in [2.24, 2.45) is 5.92 Å². The standard InChI is InChI=1S/C48H65N7O10/c1-7-63-45(60)37(54-47(62)65-48(4,5)6)22-13-14-23-50-42(57)27-41(56)38(24-31(2)3)52-44(59)40(26-35-28-49-30-51-35)53-43(58)39(55-46(61)64-29-32-16-9-8-10-17-32)25-34-20-15-19-33-18-11-12-21-36(33)34/h8-12,15-21,28,30-31,37-41,56H,7,13-14,22-27,29H2,1-6H3,(H,49,51)(H,50,57)(H,52,59)(H,53,58)(H,54,62)(H,55,61)/t37?,38-,39-,40-,41-/m0/s1. The van der Waals surface area contributed by atoms with Crippen LogP contribution in [-0.4, -0.2) is 100.0 Å². The number of aromatic amines is 1. The van der Waals surface area contributed by atoms with Gasteiger partial charge in [-0.05, 0) is 81.2 Å². The Morgan fingerprint density at radius 3 is 2.14 bits per heavy atom. The second-order valence-electron chi connectivity index (χ2n) is 17.2. The van der Waals surface area contributed by atoms with Crippen LogP contribution in [0.15, 0.2) is 85.3 Å². The molecule has 3 aromatic carbocycles. The number of alkyl carbamates (subject to hydrolysis) is 2. The van der Waals surface area contributed by atoms with Gasteiger partial charge < -0.3 is 50.9 Å². The molecular formula is C48H65N7O10. The van der Waals surface area contributed by atoms with Crippen molar-refractivity contribution in [1.29, 1.82) is 0 Å². The first kappa shape index (κ1) is 51.1. The third-order valence-electron chi connectivity index (χ3n) is 10.1. The highest BCUT2D eigenvalue weighted by Crippen LogP contribution is 2.21. The highest BCUT2D eigenvalue weighted by Gasteiger charge is 2.32. The third-order valence-corrected chi connectivity index (χ3v) is 10.1. The third kappa shape index (κ3) is 18.3. The quantitative estimate of drug-likeness (QED) is 0.0276. The molecule has 0 radical (unpaired) electrons. The molecule has 5 amide bonds. The fourth-order valence-corrected chi connectivity index (χ4v) is 7.05. The summed E-state index contributed by atoms with van der Waals surface area (Å²) in [6, 6.07) is 18.3. The van der Waals surface area contributed by atoms with E-state index in [0.717, 1.165) is 21.9 Å². The molecule has 4 rings (SSSR count).